The van der Waals surface area contributed by atoms with E-state index < -0.39 is 11.7 Å². The van der Waals surface area contributed by atoms with Crippen LogP contribution in [0.25, 0.3) is 0 Å². The fraction of sp³-hybridized carbons (Fsp3) is 0.300. The molecule has 0 spiro atoms. The van der Waals surface area contributed by atoms with Gasteiger partial charge in [0.25, 0.3) is 0 Å². The van der Waals surface area contributed by atoms with Crippen molar-refractivity contribution in [1.82, 2.24) is 4.98 Å². The van der Waals surface area contributed by atoms with Crippen LogP contribution in [-0.2, 0) is 6.18 Å². The van der Waals surface area contributed by atoms with E-state index in [1.807, 2.05) is 0 Å². The Morgan fingerprint density at radius 1 is 1.40 bits per heavy atom. The monoisotopic (exact) mass is 215 g/mol. The SMILES string of the molecule is OCCC#Cc1cnccc1C(F)(F)F. The molecular formula is C10H8F3NO. The van der Waals surface area contributed by atoms with Gasteiger partial charge in [0.05, 0.1) is 17.7 Å². The molecule has 0 saturated heterocycles. The van der Waals surface area contributed by atoms with Crippen LogP contribution in [0.1, 0.15) is 17.5 Å². The molecule has 5 heteroatoms. The van der Waals surface area contributed by atoms with Gasteiger partial charge in [-0.05, 0) is 6.07 Å². The van der Waals surface area contributed by atoms with Gasteiger partial charge in [0.15, 0.2) is 0 Å². The number of halogens is 3. The predicted molar refractivity (Wildman–Crippen MR) is 47.8 cm³/mol. The van der Waals surface area contributed by atoms with Gasteiger partial charge in [0.1, 0.15) is 0 Å². The van der Waals surface area contributed by atoms with E-state index in [0.29, 0.717) is 0 Å². The number of aliphatic hydroxyl groups excluding tert-OH is 1. The Morgan fingerprint density at radius 2 is 2.13 bits per heavy atom. The molecular weight excluding hydrogens is 207 g/mol. The van der Waals surface area contributed by atoms with Crippen molar-refractivity contribution in [3.8, 4) is 11.8 Å². The highest BCUT2D eigenvalue weighted by atomic mass is 19.4. The minimum Gasteiger partial charge on any atom is -0.395 e. The molecule has 1 rings (SSSR count). The lowest BCUT2D eigenvalue weighted by molar-refractivity contribution is -0.137. The average Bonchev–Trinajstić information content (AvgIpc) is 2.17. The van der Waals surface area contributed by atoms with E-state index in [4.69, 9.17) is 5.11 Å². The third-order valence-corrected chi connectivity index (χ3v) is 1.59. The normalized spacial score (nSPS) is 10.7. The third-order valence-electron chi connectivity index (χ3n) is 1.59. The second-order valence-corrected chi connectivity index (χ2v) is 2.69. The summed E-state index contributed by atoms with van der Waals surface area (Å²) >= 11 is 0. The lowest BCUT2D eigenvalue weighted by Gasteiger charge is -2.07. The number of alkyl halides is 3. The van der Waals surface area contributed by atoms with Gasteiger partial charge >= 0.3 is 6.18 Å². The van der Waals surface area contributed by atoms with Gasteiger partial charge in [0, 0.05) is 18.8 Å². The highest BCUT2D eigenvalue weighted by Gasteiger charge is 2.32. The Bertz CT molecular complexity index is 390. The maximum Gasteiger partial charge on any atom is 0.417 e. The average molecular weight is 215 g/mol. The molecule has 0 amide bonds. The van der Waals surface area contributed by atoms with Crippen LogP contribution in [0, 0.1) is 11.8 Å². The van der Waals surface area contributed by atoms with Crippen LogP contribution >= 0.6 is 0 Å². The Hall–Kier alpha value is -1.54. The molecule has 0 aliphatic rings. The van der Waals surface area contributed by atoms with Crippen molar-refractivity contribution < 1.29 is 18.3 Å². The standard InChI is InChI=1S/C10H8F3NO/c11-10(12,13)9-4-5-14-7-8(9)3-1-2-6-15/h4-5,7,15H,2,6H2. The molecule has 0 aliphatic heterocycles. The van der Waals surface area contributed by atoms with Crippen LogP contribution < -0.4 is 0 Å². The van der Waals surface area contributed by atoms with E-state index in [1.165, 1.54) is 0 Å². The maximum atomic E-state index is 12.4. The fourth-order valence-corrected chi connectivity index (χ4v) is 0.955. The molecule has 1 heterocycles. The molecule has 0 unspecified atom stereocenters. The van der Waals surface area contributed by atoms with Crippen molar-refractivity contribution in [3.63, 3.8) is 0 Å². The summed E-state index contributed by atoms with van der Waals surface area (Å²) < 4.78 is 37.2. The van der Waals surface area contributed by atoms with Gasteiger partial charge in [-0.1, -0.05) is 11.8 Å². The van der Waals surface area contributed by atoms with Gasteiger partial charge < -0.3 is 5.11 Å². The summed E-state index contributed by atoms with van der Waals surface area (Å²) in [6.07, 6.45) is -2.15. The maximum absolute atomic E-state index is 12.4. The molecule has 0 atom stereocenters. The Balaban J connectivity index is 3.04. The molecule has 2 nitrogen and oxygen atoms in total. The number of rotatable bonds is 1. The number of aromatic nitrogens is 1. The summed E-state index contributed by atoms with van der Waals surface area (Å²) in [5, 5.41) is 8.43. The molecule has 1 N–H and O–H groups in total. The van der Waals surface area contributed by atoms with Crippen molar-refractivity contribution in [2.45, 2.75) is 12.6 Å². The smallest absolute Gasteiger partial charge is 0.395 e. The summed E-state index contributed by atoms with van der Waals surface area (Å²) in [7, 11) is 0. The molecule has 0 fully saturated rings. The first-order valence-electron chi connectivity index (χ1n) is 4.16. The molecule has 0 aliphatic carbocycles. The van der Waals surface area contributed by atoms with Crippen LogP contribution in [0.5, 0.6) is 0 Å². The van der Waals surface area contributed by atoms with Crippen LogP contribution in [-0.4, -0.2) is 16.7 Å². The van der Waals surface area contributed by atoms with Gasteiger partial charge in [-0.3, -0.25) is 4.98 Å². The van der Waals surface area contributed by atoms with E-state index in [9.17, 15) is 13.2 Å². The van der Waals surface area contributed by atoms with E-state index in [0.717, 1.165) is 18.5 Å². The topological polar surface area (TPSA) is 33.1 Å². The summed E-state index contributed by atoms with van der Waals surface area (Å²) in [5.41, 5.74) is -0.971. The van der Waals surface area contributed by atoms with Crippen LogP contribution in [0.15, 0.2) is 18.5 Å². The summed E-state index contributed by atoms with van der Waals surface area (Å²) in [4.78, 5) is 3.57. The van der Waals surface area contributed by atoms with Crippen molar-refractivity contribution in [2.75, 3.05) is 6.61 Å². The zero-order valence-electron chi connectivity index (χ0n) is 7.67. The Labute approximate surface area is 84.8 Å². The van der Waals surface area contributed by atoms with E-state index in [2.05, 4.69) is 16.8 Å². The van der Waals surface area contributed by atoms with E-state index in [-0.39, 0.29) is 18.6 Å². The molecule has 1 aromatic rings. The number of hydrogen-bond acceptors (Lipinski definition) is 2. The van der Waals surface area contributed by atoms with Crippen molar-refractivity contribution in [1.29, 1.82) is 0 Å². The summed E-state index contributed by atoms with van der Waals surface area (Å²) in [6, 6.07) is 0.878. The Kier molecular flexibility index (Phi) is 3.69. The number of pyridine rings is 1. The zero-order chi connectivity index (χ0) is 11.3. The summed E-state index contributed by atoms with van der Waals surface area (Å²) in [5.74, 6) is 4.75. The van der Waals surface area contributed by atoms with Crippen molar-refractivity contribution in [3.05, 3.63) is 29.6 Å². The lowest BCUT2D eigenvalue weighted by Crippen LogP contribution is -2.07. The number of hydrogen-bond donors (Lipinski definition) is 1. The number of nitrogens with zero attached hydrogens (tertiary/aromatic N) is 1. The first-order valence-corrected chi connectivity index (χ1v) is 4.16. The molecule has 1 aromatic heterocycles. The minimum atomic E-state index is -4.42. The Morgan fingerprint density at radius 3 is 2.73 bits per heavy atom. The van der Waals surface area contributed by atoms with E-state index in [1.54, 1.807) is 0 Å². The van der Waals surface area contributed by atoms with Crippen molar-refractivity contribution in [2.24, 2.45) is 0 Å². The lowest BCUT2D eigenvalue weighted by atomic mass is 10.1. The number of aliphatic hydroxyl groups is 1. The van der Waals surface area contributed by atoms with Crippen LogP contribution in [0.4, 0.5) is 13.2 Å². The highest BCUT2D eigenvalue weighted by molar-refractivity contribution is 5.40. The quantitative estimate of drug-likeness (QED) is 0.725. The molecule has 0 bridgehead atoms. The van der Waals surface area contributed by atoms with Crippen LogP contribution in [0.3, 0.4) is 0 Å². The van der Waals surface area contributed by atoms with Gasteiger partial charge in [-0.15, -0.1) is 0 Å². The molecule has 15 heavy (non-hydrogen) atoms. The second-order valence-electron chi connectivity index (χ2n) is 2.69. The second kappa shape index (κ2) is 4.80. The van der Waals surface area contributed by atoms with E-state index >= 15 is 0 Å². The van der Waals surface area contributed by atoms with Gasteiger partial charge in [0.2, 0.25) is 0 Å². The molecule has 0 saturated carbocycles. The first kappa shape index (κ1) is 11.5. The first-order chi connectivity index (χ1) is 7.05. The van der Waals surface area contributed by atoms with Crippen molar-refractivity contribution >= 4 is 0 Å². The minimum absolute atomic E-state index is 0.145. The summed E-state index contributed by atoms with van der Waals surface area (Å²) in [6.45, 7) is -0.172. The van der Waals surface area contributed by atoms with Crippen LogP contribution in [0.2, 0.25) is 0 Å². The van der Waals surface area contributed by atoms with Gasteiger partial charge in [-0.2, -0.15) is 13.2 Å². The predicted octanol–water partition coefficient (Wildman–Crippen LogP) is 1.83. The molecule has 0 aromatic carbocycles. The highest BCUT2D eigenvalue weighted by Crippen LogP contribution is 2.30. The van der Waals surface area contributed by atoms with Gasteiger partial charge in [-0.25, -0.2) is 0 Å². The molecule has 80 valence electrons. The largest absolute Gasteiger partial charge is 0.417 e. The fourth-order valence-electron chi connectivity index (χ4n) is 0.955. The zero-order valence-corrected chi connectivity index (χ0v) is 7.67. The third kappa shape index (κ3) is 3.26. The molecule has 0 radical (unpaired) electrons.